The second-order valence-corrected chi connectivity index (χ2v) is 5.86. The molecule has 0 fully saturated rings. The molecule has 0 aliphatic heterocycles. The standard InChI is InChI=1S/C11H14N4S2/c1-3-12-10-5-4-9(6-13-10)7-16-11-15-14-8(2)17-11/h4-6H,3,7H2,1-2H3,(H,12,13). The number of rotatable bonds is 5. The first kappa shape index (κ1) is 12.3. The Kier molecular flexibility index (Phi) is 4.33. The van der Waals surface area contributed by atoms with Gasteiger partial charge in [-0.15, -0.1) is 10.2 Å². The minimum atomic E-state index is 0.883. The van der Waals surface area contributed by atoms with Crippen molar-refractivity contribution in [3.8, 4) is 0 Å². The molecule has 17 heavy (non-hydrogen) atoms. The molecule has 0 atom stereocenters. The van der Waals surface area contributed by atoms with E-state index < -0.39 is 0 Å². The Labute approximate surface area is 109 Å². The Bertz CT molecular complexity index is 467. The number of thioether (sulfide) groups is 1. The van der Waals surface area contributed by atoms with E-state index in [1.54, 1.807) is 23.1 Å². The van der Waals surface area contributed by atoms with E-state index in [-0.39, 0.29) is 0 Å². The molecule has 0 spiro atoms. The average Bonchev–Trinajstić information content (AvgIpc) is 2.75. The molecule has 0 radical (unpaired) electrons. The summed E-state index contributed by atoms with van der Waals surface area (Å²) in [6.07, 6.45) is 1.90. The second kappa shape index (κ2) is 5.97. The number of pyridine rings is 1. The number of hydrogen-bond acceptors (Lipinski definition) is 6. The van der Waals surface area contributed by atoms with Crippen molar-refractivity contribution in [3.63, 3.8) is 0 Å². The number of nitrogens with one attached hydrogen (secondary N) is 1. The van der Waals surface area contributed by atoms with Crippen molar-refractivity contribution in [1.82, 2.24) is 15.2 Å². The molecule has 0 amide bonds. The highest BCUT2D eigenvalue weighted by atomic mass is 32.2. The summed E-state index contributed by atoms with van der Waals surface area (Å²) in [5.41, 5.74) is 1.20. The molecule has 1 N–H and O–H groups in total. The Balaban J connectivity index is 1.90. The maximum atomic E-state index is 4.33. The number of aromatic nitrogens is 3. The third-order valence-electron chi connectivity index (χ3n) is 2.05. The van der Waals surface area contributed by atoms with E-state index >= 15 is 0 Å². The van der Waals surface area contributed by atoms with Crippen LogP contribution in [0.3, 0.4) is 0 Å². The monoisotopic (exact) mass is 266 g/mol. The van der Waals surface area contributed by atoms with Crippen LogP contribution in [0.25, 0.3) is 0 Å². The quantitative estimate of drug-likeness (QED) is 0.843. The number of aryl methyl sites for hydroxylation is 1. The van der Waals surface area contributed by atoms with E-state index in [4.69, 9.17) is 0 Å². The lowest BCUT2D eigenvalue weighted by molar-refractivity contribution is 0.983. The largest absolute Gasteiger partial charge is 0.370 e. The van der Waals surface area contributed by atoms with Gasteiger partial charge in [-0.1, -0.05) is 29.2 Å². The topological polar surface area (TPSA) is 50.7 Å². The van der Waals surface area contributed by atoms with Crippen LogP contribution in [0.5, 0.6) is 0 Å². The summed E-state index contributed by atoms with van der Waals surface area (Å²) in [6.45, 7) is 4.92. The van der Waals surface area contributed by atoms with E-state index in [0.717, 1.165) is 27.5 Å². The maximum absolute atomic E-state index is 4.33. The fraction of sp³-hybridized carbons (Fsp3) is 0.364. The molecule has 4 nitrogen and oxygen atoms in total. The summed E-state index contributed by atoms with van der Waals surface area (Å²) < 4.78 is 1.01. The number of nitrogens with zero attached hydrogens (tertiary/aromatic N) is 3. The maximum Gasteiger partial charge on any atom is 0.174 e. The van der Waals surface area contributed by atoms with Crippen molar-refractivity contribution in [2.45, 2.75) is 23.9 Å². The van der Waals surface area contributed by atoms with Gasteiger partial charge in [0.25, 0.3) is 0 Å². The number of anilines is 1. The zero-order valence-electron chi connectivity index (χ0n) is 9.80. The van der Waals surface area contributed by atoms with Crippen LogP contribution in [0.1, 0.15) is 17.5 Å². The van der Waals surface area contributed by atoms with E-state index in [1.807, 2.05) is 19.2 Å². The van der Waals surface area contributed by atoms with Crippen molar-refractivity contribution in [2.24, 2.45) is 0 Å². The third-order valence-corrected chi connectivity index (χ3v) is 4.10. The lowest BCUT2D eigenvalue weighted by Gasteiger charge is -2.03. The first-order valence-corrected chi connectivity index (χ1v) is 7.20. The van der Waals surface area contributed by atoms with Gasteiger partial charge in [-0.2, -0.15) is 0 Å². The van der Waals surface area contributed by atoms with Gasteiger partial charge in [0.15, 0.2) is 4.34 Å². The summed E-state index contributed by atoms with van der Waals surface area (Å²) in [5, 5.41) is 12.2. The lowest BCUT2D eigenvalue weighted by atomic mass is 10.3. The van der Waals surface area contributed by atoms with Crippen molar-refractivity contribution >= 4 is 28.9 Å². The predicted octanol–water partition coefficient (Wildman–Crippen LogP) is 2.97. The Hall–Kier alpha value is -1.14. The molecule has 2 aromatic heterocycles. The Morgan fingerprint density at radius 1 is 1.35 bits per heavy atom. The fourth-order valence-electron chi connectivity index (χ4n) is 1.28. The molecule has 0 bridgehead atoms. The summed E-state index contributed by atoms with van der Waals surface area (Å²) >= 11 is 3.32. The van der Waals surface area contributed by atoms with Gasteiger partial charge in [0.05, 0.1) is 0 Å². The fourth-order valence-corrected chi connectivity index (χ4v) is 3.03. The summed E-state index contributed by atoms with van der Waals surface area (Å²) in [6, 6.07) is 4.09. The van der Waals surface area contributed by atoms with Crippen LogP contribution in [0.4, 0.5) is 5.82 Å². The van der Waals surface area contributed by atoms with Crippen LogP contribution in [0.15, 0.2) is 22.7 Å². The third kappa shape index (κ3) is 3.67. The van der Waals surface area contributed by atoms with E-state index in [0.29, 0.717) is 0 Å². The van der Waals surface area contributed by atoms with Gasteiger partial charge in [0, 0.05) is 18.5 Å². The highest BCUT2D eigenvalue weighted by molar-refractivity contribution is 8.00. The van der Waals surface area contributed by atoms with Crippen LogP contribution < -0.4 is 5.32 Å². The van der Waals surface area contributed by atoms with Crippen LogP contribution in [0, 0.1) is 6.92 Å². The molecule has 6 heteroatoms. The molecule has 0 aliphatic carbocycles. The van der Waals surface area contributed by atoms with Gasteiger partial charge in [0.1, 0.15) is 10.8 Å². The molecule has 0 aliphatic rings. The van der Waals surface area contributed by atoms with Crippen molar-refractivity contribution in [1.29, 1.82) is 0 Å². The van der Waals surface area contributed by atoms with E-state index in [1.165, 1.54) is 5.56 Å². The highest BCUT2D eigenvalue weighted by Crippen LogP contribution is 2.25. The Morgan fingerprint density at radius 2 is 2.24 bits per heavy atom. The highest BCUT2D eigenvalue weighted by Gasteiger charge is 2.02. The molecule has 90 valence electrons. The Morgan fingerprint density at radius 3 is 2.82 bits per heavy atom. The van der Waals surface area contributed by atoms with Crippen LogP contribution in [-0.2, 0) is 5.75 Å². The summed E-state index contributed by atoms with van der Waals surface area (Å²) in [5.74, 6) is 1.81. The molecule has 0 saturated heterocycles. The minimum Gasteiger partial charge on any atom is -0.370 e. The van der Waals surface area contributed by atoms with Gasteiger partial charge in [0.2, 0.25) is 0 Å². The second-order valence-electron chi connectivity index (χ2n) is 3.46. The van der Waals surface area contributed by atoms with Crippen LogP contribution in [-0.4, -0.2) is 21.7 Å². The van der Waals surface area contributed by atoms with Gasteiger partial charge in [-0.05, 0) is 25.5 Å². The number of hydrogen-bond donors (Lipinski definition) is 1. The predicted molar refractivity (Wildman–Crippen MR) is 72.6 cm³/mol. The van der Waals surface area contributed by atoms with Gasteiger partial charge in [-0.25, -0.2) is 4.98 Å². The van der Waals surface area contributed by atoms with Crippen molar-refractivity contribution < 1.29 is 0 Å². The van der Waals surface area contributed by atoms with E-state index in [2.05, 4.69) is 33.5 Å². The molecule has 2 heterocycles. The summed E-state index contributed by atoms with van der Waals surface area (Å²) in [4.78, 5) is 4.33. The lowest BCUT2D eigenvalue weighted by Crippen LogP contribution is -1.98. The molecule has 2 aromatic rings. The minimum absolute atomic E-state index is 0.883. The molecule has 2 rings (SSSR count). The normalized spacial score (nSPS) is 10.5. The molecule has 0 unspecified atom stereocenters. The van der Waals surface area contributed by atoms with Gasteiger partial charge < -0.3 is 5.32 Å². The smallest absolute Gasteiger partial charge is 0.174 e. The van der Waals surface area contributed by atoms with Crippen LogP contribution in [0.2, 0.25) is 0 Å². The first-order chi connectivity index (χ1) is 8.28. The van der Waals surface area contributed by atoms with E-state index in [9.17, 15) is 0 Å². The van der Waals surface area contributed by atoms with Crippen LogP contribution >= 0.6 is 23.1 Å². The van der Waals surface area contributed by atoms with Gasteiger partial charge >= 0.3 is 0 Å². The zero-order chi connectivity index (χ0) is 12.1. The zero-order valence-corrected chi connectivity index (χ0v) is 11.4. The van der Waals surface area contributed by atoms with Crippen molar-refractivity contribution in [3.05, 3.63) is 28.9 Å². The molecule has 0 aromatic carbocycles. The molecular weight excluding hydrogens is 252 g/mol. The van der Waals surface area contributed by atoms with Gasteiger partial charge in [-0.3, -0.25) is 0 Å². The average molecular weight is 266 g/mol. The summed E-state index contributed by atoms with van der Waals surface area (Å²) in [7, 11) is 0. The van der Waals surface area contributed by atoms with Crippen molar-refractivity contribution in [2.75, 3.05) is 11.9 Å². The first-order valence-electron chi connectivity index (χ1n) is 5.39. The molecular formula is C11H14N4S2. The SMILES string of the molecule is CCNc1ccc(CSc2nnc(C)s2)cn1. The molecule has 0 saturated carbocycles.